The molecule has 0 bridgehead atoms. The van der Waals surface area contributed by atoms with Crippen molar-refractivity contribution in [2.75, 3.05) is 30.5 Å². The average Bonchev–Trinajstić information content (AvgIpc) is 3.40. The zero-order chi connectivity index (χ0) is 30.4. The average molecular weight is 572 g/mol. The van der Waals surface area contributed by atoms with Crippen LogP contribution in [0, 0.1) is 5.92 Å². The molecule has 3 aromatic rings. The maximum Gasteiger partial charge on any atom is 0.293 e. The minimum absolute atomic E-state index is 0.162. The Bertz CT molecular complexity index is 1370. The summed E-state index contributed by atoms with van der Waals surface area (Å²) in [4.78, 5) is 16.1. The Morgan fingerprint density at radius 1 is 1.07 bits per heavy atom. The van der Waals surface area contributed by atoms with E-state index in [9.17, 15) is 4.79 Å². The molecular weight excluding hydrogens is 522 g/mol. The second-order valence-corrected chi connectivity index (χ2v) is 11.7. The van der Waals surface area contributed by atoms with Crippen molar-refractivity contribution in [3.63, 3.8) is 0 Å². The third-order valence-corrected chi connectivity index (χ3v) is 8.71. The van der Waals surface area contributed by atoms with Gasteiger partial charge in [-0.3, -0.25) is 4.79 Å². The third-order valence-electron chi connectivity index (χ3n) is 8.71. The van der Waals surface area contributed by atoms with E-state index >= 15 is 0 Å². The molecule has 1 aliphatic heterocycles. The molecular formula is C36H49N3O3. The lowest BCUT2D eigenvalue weighted by molar-refractivity contribution is -0.128. The van der Waals surface area contributed by atoms with Crippen molar-refractivity contribution in [3.8, 4) is 5.88 Å². The first-order valence-corrected chi connectivity index (χ1v) is 15.8. The lowest BCUT2D eigenvalue weighted by Crippen LogP contribution is -2.15. The summed E-state index contributed by atoms with van der Waals surface area (Å²) >= 11 is 0. The van der Waals surface area contributed by atoms with E-state index in [2.05, 4.69) is 89.5 Å². The molecule has 2 heterocycles. The van der Waals surface area contributed by atoms with Gasteiger partial charge in [-0.05, 0) is 82.9 Å². The number of ether oxygens (including phenoxy) is 2. The van der Waals surface area contributed by atoms with Crippen LogP contribution in [0.3, 0.4) is 0 Å². The number of anilines is 2. The number of rotatable bonds is 6. The van der Waals surface area contributed by atoms with E-state index in [1.165, 1.54) is 57.6 Å². The Balaban J connectivity index is 0.000000404. The summed E-state index contributed by atoms with van der Waals surface area (Å²) in [5, 5.41) is 3.63. The highest BCUT2D eigenvalue weighted by atomic mass is 16.5. The molecule has 0 spiro atoms. The van der Waals surface area contributed by atoms with Gasteiger partial charge in [0.15, 0.2) is 0 Å². The van der Waals surface area contributed by atoms with Gasteiger partial charge in [-0.25, -0.2) is 4.98 Å². The summed E-state index contributed by atoms with van der Waals surface area (Å²) in [5.41, 5.74) is 11.2. The van der Waals surface area contributed by atoms with Crippen LogP contribution >= 0.6 is 0 Å². The predicted octanol–water partition coefficient (Wildman–Crippen LogP) is 8.18. The van der Waals surface area contributed by atoms with E-state index in [1.54, 1.807) is 6.92 Å². The number of nitrogens with zero attached hydrogens (tertiary/aromatic N) is 2. The highest BCUT2D eigenvalue weighted by molar-refractivity contribution is 5.79. The first kappa shape index (κ1) is 31.4. The van der Waals surface area contributed by atoms with Crippen LogP contribution in [0.2, 0.25) is 0 Å². The molecule has 3 unspecified atom stereocenters. The molecule has 226 valence electrons. The van der Waals surface area contributed by atoms with Gasteiger partial charge in [0.25, 0.3) is 6.47 Å². The molecule has 0 saturated heterocycles. The molecule has 7 rings (SSSR count). The number of fused-ring (bicyclic) bond motifs is 5. The molecule has 42 heavy (non-hydrogen) atoms. The molecule has 0 radical (unpaired) electrons. The minimum atomic E-state index is 0.162. The fourth-order valence-electron chi connectivity index (χ4n) is 6.69. The molecule has 4 aliphatic rings. The highest BCUT2D eigenvalue weighted by Crippen LogP contribution is 2.56. The summed E-state index contributed by atoms with van der Waals surface area (Å²) < 4.78 is 10.3. The lowest BCUT2D eigenvalue weighted by atomic mass is 9.84. The fraction of sp³-hybridized carbons (Fsp3) is 0.500. The molecule has 6 nitrogen and oxygen atoms in total. The van der Waals surface area contributed by atoms with Crippen molar-refractivity contribution in [1.29, 1.82) is 0 Å². The summed E-state index contributed by atoms with van der Waals surface area (Å²) in [7, 11) is 2.15. The number of hydrogen-bond donors (Lipinski definition) is 1. The van der Waals surface area contributed by atoms with Crippen LogP contribution in [0.15, 0.2) is 48.7 Å². The van der Waals surface area contributed by atoms with E-state index in [1.807, 2.05) is 27.7 Å². The lowest BCUT2D eigenvalue weighted by Gasteiger charge is -2.20. The Hall–Kier alpha value is -3.54. The quantitative estimate of drug-likeness (QED) is 0.301. The van der Waals surface area contributed by atoms with E-state index in [0.717, 1.165) is 30.8 Å². The molecule has 1 fully saturated rings. The number of nitrogens with one attached hydrogen (secondary N) is 1. The number of para-hydroxylation sites is 1. The van der Waals surface area contributed by atoms with Crippen molar-refractivity contribution in [1.82, 2.24) is 4.98 Å². The molecule has 0 amide bonds. The van der Waals surface area contributed by atoms with Crippen LogP contribution in [0.4, 0.5) is 11.4 Å². The van der Waals surface area contributed by atoms with Gasteiger partial charge >= 0.3 is 0 Å². The Morgan fingerprint density at radius 2 is 1.86 bits per heavy atom. The second-order valence-electron chi connectivity index (χ2n) is 11.7. The Kier molecular flexibility index (Phi) is 10.2. The zero-order valence-corrected chi connectivity index (χ0v) is 26.8. The van der Waals surface area contributed by atoms with Gasteiger partial charge < -0.3 is 19.7 Å². The normalized spacial score (nSPS) is 20.9. The van der Waals surface area contributed by atoms with E-state index in [-0.39, 0.29) is 5.41 Å². The van der Waals surface area contributed by atoms with Gasteiger partial charge in [-0.15, -0.1) is 0 Å². The number of pyridine rings is 1. The van der Waals surface area contributed by atoms with E-state index < -0.39 is 0 Å². The molecule has 2 aromatic carbocycles. The number of hydrogen-bond acceptors (Lipinski definition) is 6. The van der Waals surface area contributed by atoms with Crippen molar-refractivity contribution >= 4 is 17.8 Å². The van der Waals surface area contributed by atoms with Crippen LogP contribution < -0.4 is 15.0 Å². The van der Waals surface area contributed by atoms with Crippen molar-refractivity contribution in [2.45, 2.75) is 91.6 Å². The molecule has 1 N–H and O–H groups in total. The van der Waals surface area contributed by atoms with E-state index in [4.69, 9.17) is 4.74 Å². The smallest absolute Gasteiger partial charge is 0.293 e. The van der Waals surface area contributed by atoms with Gasteiger partial charge in [0, 0.05) is 25.2 Å². The Labute approximate surface area is 252 Å². The summed E-state index contributed by atoms with van der Waals surface area (Å²) in [6.07, 6.45) is 5.75. The van der Waals surface area contributed by atoms with Crippen LogP contribution in [0.5, 0.6) is 5.88 Å². The number of carbonyl (C=O) groups excluding carboxylic acids is 1. The van der Waals surface area contributed by atoms with Crippen LogP contribution in [-0.4, -0.2) is 31.8 Å². The van der Waals surface area contributed by atoms with Crippen molar-refractivity contribution < 1.29 is 14.3 Å². The van der Waals surface area contributed by atoms with Crippen molar-refractivity contribution in [2.24, 2.45) is 5.92 Å². The van der Waals surface area contributed by atoms with Gasteiger partial charge in [0.05, 0.1) is 24.7 Å². The summed E-state index contributed by atoms with van der Waals surface area (Å²) in [6.45, 7) is 16.9. The summed E-state index contributed by atoms with van der Waals surface area (Å²) in [6, 6.07) is 15.9. The number of carbonyl (C=O) groups is 1. The van der Waals surface area contributed by atoms with Gasteiger partial charge in [-0.1, -0.05) is 71.9 Å². The number of benzene rings is 2. The molecule has 3 aliphatic carbocycles. The molecule has 6 heteroatoms. The van der Waals surface area contributed by atoms with Gasteiger partial charge in [0.1, 0.15) is 6.61 Å². The third kappa shape index (κ3) is 6.28. The topological polar surface area (TPSA) is 63.7 Å². The summed E-state index contributed by atoms with van der Waals surface area (Å²) in [5.74, 6) is 2.82. The number of aromatic nitrogens is 1. The SMILES string of the molecule is CC.CC.CCOC=O.CN1CNc2c(C3CC(C)(C)c4ccc(COc5cc6c(cn5)C5CC5C6)cc43)cccc21. The second kappa shape index (κ2) is 13.6. The van der Waals surface area contributed by atoms with Crippen molar-refractivity contribution in [3.05, 3.63) is 82.0 Å². The van der Waals surface area contributed by atoms with Gasteiger partial charge in [-0.2, -0.15) is 0 Å². The maximum absolute atomic E-state index is 9.18. The maximum atomic E-state index is 9.18. The predicted molar refractivity (Wildman–Crippen MR) is 173 cm³/mol. The molecule has 1 aromatic heterocycles. The molecule has 3 atom stereocenters. The highest BCUT2D eigenvalue weighted by Gasteiger charge is 2.45. The fourth-order valence-corrected chi connectivity index (χ4v) is 6.69. The van der Waals surface area contributed by atoms with Crippen LogP contribution in [-0.2, 0) is 28.0 Å². The zero-order valence-electron chi connectivity index (χ0n) is 26.8. The standard InChI is InChI=1S/C29H31N3O.C3H6O2.2C2H6/c1-29(2)13-23(20-5-4-6-26-28(20)31-16-32(26)3)22-9-17(7-8-25(22)29)15-33-27-12-19-10-18-11-21(18)24(19)14-30-27;1-2-5-3-4;2*1-2/h4-9,12,14,18,21,23,31H,10-11,13,15-16H2,1-3H3;3H,2H2,1H3;2*1-2H3. The minimum Gasteiger partial charge on any atom is -0.473 e. The van der Waals surface area contributed by atoms with Crippen LogP contribution in [0.1, 0.15) is 107 Å². The molecule has 1 saturated carbocycles. The first-order valence-electron chi connectivity index (χ1n) is 15.8. The Morgan fingerprint density at radius 3 is 2.57 bits per heavy atom. The van der Waals surface area contributed by atoms with E-state index in [0.29, 0.717) is 25.6 Å². The first-order chi connectivity index (χ1) is 20.4. The van der Waals surface area contributed by atoms with Crippen LogP contribution in [0.25, 0.3) is 0 Å². The monoisotopic (exact) mass is 571 g/mol. The van der Waals surface area contributed by atoms with Gasteiger partial charge in [0.2, 0.25) is 5.88 Å². The largest absolute Gasteiger partial charge is 0.473 e.